The lowest BCUT2D eigenvalue weighted by Gasteiger charge is -2.26. The van der Waals surface area contributed by atoms with E-state index in [9.17, 15) is 4.79 Å². The third-order valence-electron chi connectivity index (χ3n) is 2.04. The van der Waals surface area contributed by atoms with Gasteiger partial charge in [0.15, 0.2) is 5.69 Å². The van der Waals surface area contributed by atoms with Crippen molar-refractivity contribution < 1.29 is 14.3 Å². The van der Waals surface area contributed by atoms with E-state index < -0.39 is 5.97 Å². The third kappa shape index (κ3) is 2.21. The van der Waals surface area contributed by atoms with Gasteiger partial charge in [0.1, 0.15) is 6.10 Å². The van der Waals surface area contributed by atoms with E-state index in [1.165, 1.54) is 19.5 Å². The molecule has 0 saturated carbocycles. The van der Waals surface area contributed by atoms with Crippen molar-refractivity contribution in [3.8, 4) is 5.88 Å². The normalized spacial score (nSPS) is 15.5. The molecular weight excluding hydrogens is 198 g/mol. The Bertz CT molecular complexity index is 365. The first-order valence-corrected chi connectivity index (χ1v) is 4.57. The molecule has 1 fully saturated rings. The molecule has 15 heavy (non-hydrogen) atoms. The van der Waals surface area contributed by atoms with Crippen LogP contribution in [0.1, 0.15) is 10.5 Å². The van der Waals surface area contributed by atoms with Crippen LogP contribution in [0.5, 0.6) is 5.88 Å². The first-order valence-electron chi connectivity index (χ1n) is 4.57. The van der Waals surface area contributed by atoms with E-state index in [1.54, 1.807) is 0 Å². The summed E-state index contributed by atoms with van der Waals surface area (Å²) in [7, 11) is 1.30. The van der Waals surface area contributed by atoms with Gasteiger partial charge in [0.2, 0.25) is 5.88 Å². The number of carbonyl (C=O) groups is 1. The highest BCUT2D eigenvalue weighted by Gasteiger charge is 2.19. The number of hydrogen-bond acceptors (Lipinski definition) is 6. The lowest BCUT2D eigenvalue weighted by molar-refractivity contribution is 0.0590. The number of aromatic nitrogens is 2. The fraction of sp³-hybridized carbons (Fsp3) is 0.444. The molecule has 0 aromatic carbocycles. The van der Waals surface area contributed by atoms with E-state index in [1.807, 2.05) is 0 Å². The molecular formula is C9H11N3O3. The second-order valence-corrected chi connectivity index (χ2v) is 3.13. The van der Waals surface area contributed by atoms with Crippen LogP contribution in [0.15, 0.2) is 12.4 Å². The molecule has 0 amide bonds. The van der Waals surface area contributed by atoms with Crippen LogP contribution < -0.4 is 10.1 Å². The first-order chi connectivity index (χ1) is 7.29. The van der Waals surface area contributed by atoms with Crippen molar-refractivity contribution >= 4 is 5.97 Å². The number of ether oxygens (including phenoxy) is 2. The minimum absolute atomic E-state index is 0.118. The van der Waals surface area contributed by atoms with Gasteiger partial charge in [-0.05, 0) is 0 Å². The summed E-state index contributed by atoms with van der Waals surface area (Å²) in [5.74, 6) is -0.163. The van der Waals surface area contributed by atoms with Crippen LogP contribution in [0.4, 0.5) is 0 Å². The Morgan fingerprint density at radius 2 is 2.33 bits per heavy atom. The zero-order valence-corrected chi connectivity index (χ0v) is 8.27. The molecule has 1 aromatic rings. The molecule has 2 heterocycles. The molecule has 80 valence electrons. The van der Waals surface area contributed by atoms with Crippen molar-refractivity contribution in [2.75, 3.05) is 20.2 Å². The van der Waals surface area contributed by atoms with E-state index in [0.29, 0.717) is 5.88 Å². The standard InChI is InChI=1S/C9H11N3O3/c1-14-9(13)7-4-11-5-8(12-7)15-6-2-10-3-6/h4-6,10H,2-3H2,1H3. The number of nitrogens with zero attached hydrogens (tertiary/aromatic N) is 2. The van der Waals surface area contributed by atoms with Gasteiger partial charge in [-0.15, -0.1) is 0 Å². The van der Waals surface area contributed by atoms with Gasteiger partial charge in [-0.2, -0.15) is 0 Å². The zero-order valence-electron chi connectivity index (χ0n) is 8.27. The van der Waals surface area contributed by atoms with Crippen LogP contribution in [0, 0.1) is 0 Å². The summed E-state index contributed by atoms with van der Waals surface area (Å²) in [5, 5.41) is 3.07. The summed E-state index contributed by atoms with van der Waals surface area (Å²) in [4.78, 5) is 19.0. The molecule has 0 atom stereocenters. The number of methoxy groups -OCH3 is 1. The van der Waals surface area contributed by atoms with Crippen LogP contribution in [-0.4, -0.2) is 42.2 Å². The molecule has 0 radical (unpaired) electrons. The third-order valence-corrected chi connectivity index (χ3v) is 2.04. The largest absolute Gasteiger partial charge is 0.471 e. The monoisotopic (exact) mass is 209 g/mol. The molecule has 6 nitrogen and oxygen atoms in total. The van der Waals surface area contributed by atoms with Crippen molar-refractivity contribution in [1.29, 1.82) is 0 Å². The second kappa shape index (κ2) is 4.22. The van der Waals surface area contributed by atoms with Crippen molar-refractivity contribution in [3.63, 3.8) is 0 Å². The lowest BCUT2D eigenvalue weighted by Crippen LogP contribution is -2.50. The maximum Gasteiger partial charge on any atom is 0.358 e. The van der Waals surface area contributed by atoms with Gasteiger partial charge in [0.25, 0.3) is 0 Å². The van der Waals surface area contributed by atoms with Gasteiger partial charge in [0, 0.05) is 13.1 Å². The lowest BCUT2D eigenvalue weighted by atomic mass is 10.2. The minimum Gasteiger partial charge on any atom is -0.471 e. The highest BCUT2D eigenvalue weighted by Crippen LogP contribution is 2.10. The van der Waals surface area contributed by atoms with Gasteiger partial charge in [-0.25, -0.2) is 9.78 Å². The second-order valence-electron chi connectivity index (χ2n) is 3.13. The Hall–Kier alpha value is -1.69. The molecule has 0 bridgehead atoms. The number of nitrogens with one attached hydrogen (secondary N) is 1. The maximum atomic E-state index is 11.1. The van der Waals surface area contributed by atoms with Crippen LogP contribution in [0.2, 0.25) is 0 Å². The summed E-state index contributed by atoms with van der Waals surface area (Å²) in [6, 6.07) is 0. The molecule has 1 aromatic heterocycles. The van der Waals surface area contributed by atoms with Crippen molar-refractivity contribution in [1.82, 2.24) is 15.3 Å². The van der Waals surface area contributed by atoms with Gasteiger partial charge in [-0.3, -0.25) is 4.98 Å². The topological polar surface area (TPSA) is 73.3 Å². The number of carbonyl (C=O) groups excluding carboxylic acids is 1. The summed E-state index contributed by atoms with van der Waals surface area (Å²) in [6.45, 7) is 1.59. The van der Waals surface area contributed by atoms with Crippen LogP contribution >= 0.6 is 0 Å². The zero-order chi connectivity index (χ0) is 10.7. The Balaban J connectivity index is 2.07. The molecule has 1 aliphatic heterocycles. The van der Waals surface area contributed by atoms with E-state index in [0.717, 1.165) is 13.1 Å². The molecule has 2 rings (SSSR count). The average molecular weight is 209 g/mol. The summed E-state index contributed by atoms with van der Waals surface area (Å²) in [5.41, 5.74) is 0.155. The summed E-state index contributed by atoms with van der Waals surface area (Å²) >= 11 is 0. The van der Waals surface area contributed by atoms with Crippen molar-refractivity contribution in [2.45, 2.75) is 6.10 Å². The predicted molar refractivity (Wildman–Crippen MR) is 50.7 cm³/mol. The summed E-state index contributed by atoms with van der Waals surface area (Å²) in [6.07, 6.45) is 2.94. The fourth-order valence-corrected chi connectivity index (χ4v) is 1.12. The van der Waals surface area contributed by atoms with E-state index in [-0.39, 0.29) is 11.8 Å². The smallest absolute Gasteiger partial charge is 0.358 e. The highest BCUT2D eigenvalue weighted by atomic mass is 16.5. The average Bonchev–Trinajstić information content (AvgIpc) is 2.23. The maximum absolute atomic E-state index is 11.1. The number of hydrogen-bond donors (Lipinski definition) is 1. The number of esters is 1. The van der Waals surface area contributed by atoms with Crippen molar-refractivity contribution in [3.05, 3.63) is 18.1 Å². The van der Waals surface area contributed by atoms with Gasteiger partial charge in [0.05, 0.1) is 19.5 Å². The summed E-state index contributed by atoms with van der Waals surface area (Å²) < 4.78 is 9.97. The fourth-order valence-electron chi connectivity index (χ4n) is 1.12. The molecule has 1 N–H and O–H groups in total. The van der Waals surface area contributed by atoms with Gasteiger partial charge in [-0.1, -0.05) is 0 Å². The molecule has 0 aliphatic carbocycles. The van der Waals surface area contributed by atoms with Gasteiger partial charge >= 0.3 is 5.97 Å². The van der Waals surface area contributed by atoms with E-state index in [4.69, 9.17) is 4.74 Å². The van der Waals surface area contributed by atoms with Crippen LogP contribution in [0.3, 0.4) is 0 Å². The first kappa shape index (κ1) is 9.85. The Morgan fingerprint density at radius 1 is 1.53 bits per heavy atom. The van der Waals surface area contributed by atoms with E-state index in [2.05, 4.69) is 20.0 Å². The predicted octanol–water partition coefficient (Wildman–Crippen LogP) is -0.386. The van der Waals surface area contributed by atoms with Crippen LogP contribution in [0.25, 0.3) is 0 Å². The molecule has 0 unspecified atom stereocenters. The van der Waals surface area contributed by atoms with Crippen molar-refractivity contribution in [2.24, 2.45) is 0 Å². The van der Waals surface area contributed by atoms with Gasteiger partial charge < -0.3 is 14.8 Å². The SMILES string of the molecule is COC(=O)c1cncc(OC2CNC2)n1. The number of rotatable bonds is 3. The van der Waals surface area contributed by atoms with E-state index >= 15 is 0 Å². The molecule has 0 spiro atoms. The Labute approximate surface area is 86.6 Å². The quantitative estimate of drug-likeness (QED) is 0.684. The molecule has 6 heteroatoms. The molecule has 1 aliphatic rings. The Morgan fingerprint density at radius 3 is 2.93 bits per heavy atom. The highest BCUT2D eigenvalue weighted by molar-refractivity contribution is 5.86. The van der Waals surface area contributed by atoms with Crippen LogP contribution in [-0.2, 0) is 4.74 Å². The molecule has 1 saturated heterocycles. The minimum atomic E-state index is -0.514. The Kier molecular flexibility index (Phi) is 2.77.